The van der Waals surface area contributed by atoms with E-state index in [1.54, 1.807) is 6.07 Å². The van der Waals surface area contributed by atoms with Gasteiger partial charge in [0.15, 0.2) is 0 Å². The van der Waals surface area contributed by atoms with E-state index in [1.807, 2.05) is 44.2 Å². The van der Waals surface area contributed by atoms with Gasteiger partial charge in [0.25, 0.3) is 0 Å². The van der Waals surface area contributed by atoms with Gasteiger partial charge in [0, 0.05) is 11.1 Å². The first-order valence-corrected chi connectivity index (χ1v) is 11.3. The van der Waals surface area contributed by atoms with Crippen LogP contribution in [0.25, 0.3) is 0 Å². The Labute approximate surface area is 177 Å². The Bertz CT molecular complexity index is 920. The molecule has 29 heavy (non-hydrogen) atoms. The molecule has 0 radical (unpaired) electrons. The quantitative estimate of drug-likeness (QED) is 0.594. The van der Waals surface area contributed by atoms with Crippen LogP contribution in [-0.2, 0) is 21.2 Å². The molecule has 1 amide bonds. The van der Waals surface area contributed by atoms with Gasteiger partial charge in [-0.2, -0.15) is 4.72 Å². The van der Waals surface area contributed by atoms with Crippen LogP contribution in [0.5, 0.6) is 5.75 Å². The van der Waals surface area contributed by atoms with Gasteiger partial charge in [-0.1, -0.05) is 55.3 Å². The van der Waals surface area contributed by atoms with E-state index >= 15 is 0 Å². The number of methoxy groups -OCH3 is 1. The molecule has 0 aliphatic rings. The first kappa shape index (κ1) is 23.2. The third kappa shape index (κ3) is 6.73. The largest absolute Gasteiger partial charge is 0.495 e. The summed E-state index contributed by atoms with van der Waals surface area (Å²) < 4.78 is 33.8. The molecule has 158 valence electrons. The predicted octanol–water partition coefficient (Wildman–Crippen LogP) is 3.54. The summed E-state index contributed by atoms with van der Waals surface area (Å²) in [6.45, 7) is 3.92. The molecule has 0 saturated carbocycles. The van der Waals surface area contributed by atoms with Crippen molar-refractivity contribution in [2.24, 2.45) is 0 Å². The highest BCUT2D eigenvalue weighted by Gasteiger charge is 2.29. The standard InChI is InChI=1S/C21H27ClN2O4S/c1-4-8-15(2)23-21(25)18(13-16-9-6-5-7-10-16)24-29(26,27)20-14-17(22)11-12-19(20)28-3/h5-7,9-12,14-15,18,24H,4,8,13H2,1-3H3,(H,23,25)/t15-,18+/m0/s1. The van der Waals surface area contributed by atoms with Crippen LogP contribution < -0.4 is 14.8 Å². The monoisotopic (exact) mass is 438 g/mol. The summed E-state index contributed by atoms with van der Waals surface area (Å²) in [5.41, 5.74) is 0.844. The van der Waals surface area contributed by atoms with Gasteiger partial charge >= 0.3 is 0 Å². The number of amides is 1. The number of sulfonamides is 1. The number of halogens is 1. The molecule has 6 nitrogen and oxygen atoms in total. The summed E-state index contributed by atoms with van der Waals surface area (Å²) in [5.74, 6) is -0.223. The number of carbonyl (C=O) groups is 1. The van der Waals surface area contributed by atoms with Crippen LogP contribution in [0.2, 0.25) is 5.02 Å². The van der Waals surface area contributed by atoms with Crippen LogP contribution in [0, 0.1) is 0 Å². The van der Waals surface area contributed by atoms with E-state index in [2.05, 4.69) is 10.0 Å². The molecular weight excluding hydrogens is 412 g/mol. The van der Waals surface area contributed by atoms with Gasteiger partial charge in [-0.15, -0.1) is 0 Å². The molecule has 2 atom stereocenters. The highest BCUT2D eigenvalue weighted by molar-refractivity contribution is 7.89. The van der Waals surface area contributed by atoms with Crippen molar-refractivity contribution in [2.75, 3.05) is 7.11 Å². The second kappa shape index (κ2) is 10.6. The fraction of sp³-hybridized carbons (Fsp3) is 0.381. The van der Waals surface area contributed by atoms with Crippen LogP contribution in [0.1, 0.15) is 32.3 Å². The molecule has 0 aliphatic carbocycles. The highest BCUT2D eigenvalue weighted by Crippen LogP contribution is 2.27. The third-order valence-corrected chi connectivity index (χ3v) is 6.15. The number of carbonyl (C=O) groups excluding carboxylic acids is 1. The molecule has 0 unspecified atom stereocenters. The van der Waals surface area contributed by atoms with Gasteiger partial charge in [-0.3, -0.25) is 4.79 Å². The van der Waals surface area contributed by atoms with Gasteiger partial charge in [0.2, 0.25) is 15.9 Å². The van der Waals surface area contributed by atoms with E-state index < -0.39 is 16.1 Å². The van der Waals surface area contributed by atoms with Crippen LogP contribution in [0.3, 0.4) is 0 Å². The average molecular weight is 439 g/mol. The fourth-order valence-electron chi connectivity index (χ4n) is 3.00. The number of benzene rings is 2. The number of nitrogens with one attached hydrogen (secondary N) is 2. The van der Waals surface area contributed by atoms with Crippen molar-refractivity contribution in [3.05, 3.63) is 59.1 Å². The van der Waals surface area contributed by atoms with Crippen molar-refractivity contribution in [1.29, 1.82) is 0 Å². The van der Waals surface area contributed by atoms with Crippen LogP contribution in [0.4, 0.5) is 0 Å². The smallest absolute Gasteiger partial charge is 0.245 e. The Morgan fingerprint density at radius 3 is 2.48 bits per heavy atom. The molecule has 0 spiro atoms. The SMILES string of the molecule is CCC[C@H](C)NC(=O)[C@@H](Cc1ccccc1)NS(=O)(=O)c1cc(Cl)ccc1OC. The number of hydrogen-bond donors (Lipinski definition) is 2. The lowest BCUT2D eigenvalue weighted by molar-refractivity contribution is -0.123. The van der Waals surface area contributed by atoms with Crippen molar-refractivity contribution in [3.63, 3.8) is 0 Å². The molecular formula is C21H27ClN2O4S. The van der Waals surface area contributed by atoms with Gasteiger partial charge in [0.05, 0.1) is 7.11 Å². The van der Waals surface area contributed by atoms with Crippen molar-refractivity contribution in [3.8, 4) is 5.75 Å². The first-order chi connectivity index (χ1) is 13.8. The third-order valence-electron chi connectivity index (χ3n) is 4.42. The molecule has 2 aromatic carbocycles. The zero-order valence-electron chi connectivity index (χ0n) is 16.8. The fourth-order valence-corrected chi connectivity index (χ4v) is 4.62. The molecule has 0 bridgehead atoms. The molecule has 0 aliphatic heterocycles. The molecule has 2 rings (SSSR count). The first-order valence-electron chi connectivity index (χ1n) is 9.47. The molecule has 0 aromatic heterocycles. The van der Waals surface area contributed by atoms with Crippen molar-refractivity contribution < 1.29 is 17.9 Å². The Balaban J connectivity index is 2.32. The maximum Gasteiger partial charge on any atom is 0.245 e. The van der Waals surface area contributed by atoms with Gasteiger partial charge in [-0.25, -0.2) is 8.42 Å². The number of rotatable bonds is 10. The Morgan fingerprint density at radius 2 is 1.86 bits per heavy atom. The van der Waals surface area contributed by atoms with Gasteiger partial charge in [0.1, 0.15) is 16.7 Å². The van der Waals surface area contributed by atoms with Gasteiger partial charge < -0.3 is 10.1 Å². The summed E-state index contributed by atoms with van der Waals surface area (Å²) in [6, 6.07) is 12.5. The van der Waals surface area contributed by atoms with Crippen LogP contribution >= 0.6 is 11.6 Å². The molecule has 0 fully saturated rings. The zero-order chi connectivity index (χ0) is 21.4. The maximum atomic E-state index is 13.1. The van der Waals surface area contributed by atoms with E-state index in [4.69, 9.17) is 16.3 Å². The van der Waals surface area contributed by atoms with E-state index in [-0.39, 0.29) is 34.0 Å². The van der Waals surface area contributed by atoms with Crippen molar-refractivity contribution in [1.82, 2.24) is 10.0 Å². The van der Waals surface area contributed by atoms with E-state index in [0.717, 1.165) is 18.4 Å². The topological polar surface area (TPSA) is 84.5 Å². The predicted molar refractivity (Wildman–Crippen MR) is 115 cm³/mol. The molecule has 0 heterocycles. The minimum Gasteiger partial charge on any atom is -0.495 e. The van der Waals surface area contributed by atoms with E-state index in [1.165, 1.54) is 19.2 Å². The summed E-state index contributed by atoms with van der Waals surface area (Å²) in [6.07, 6.45) is 1.93. The lowest BCUT2D eigenvalue weighted by Crippen LogP contribution is -2.50. The Morgan fingerprint density at radius 1 is 1.17 bits per heavy atom. The molecule has 8 heteroatoms. The zero-order valence-corrected chi connectivity index (χ0v) is 18.4. The van der Waals surface area contributed by atoms with Crippen LogP contribution in [0.15, 0.2) is 53.4 Å². The number of ether oxygens (including phenoxy) is 1. The normalized spacial score (nSPS) is 13.5. The summed E-state index contributed by atoms with van der Waals surface area (Å²) in [7, 11) is -2.68. The minimum absolute atomic E-state index is 0.0593. The van der Waals surface area contributed by atoms with Gasteiger partial charge in [-0.05, 0) is 43.5 Å². The number of hydrogen-bond acceptors (Lipinski definition) is 4. The maximum absolute atomic E-state index is 13.1. The summed E-state index contributed by atoms with van der Waals surface area (Å²) in [4.78, 5) is 12.8. The Hall–Kier alpha value is -2.09. The van der Waals surface area contributed by atoms with Crippen LogP contribution in [-0.4, -0.2) is 33.5 Å². The average Bonchev–Trinajstić information content (AvgIpc) is 2.68. The minimum atomic E-state index is -4.06. The second-order valence-electron chi connectivity index (χ2n) is 6.86. The molecule has 0 saturated heterocycles. The molecule has 2 aromatic rings. The lowest BCUT2D eigenvalue weighted by atomic mass is 10.1. The van der Waals surface area contributed by atoms with Crippen molar-refractivity contribution in [2.45, 2.75) is 50.1 Å². The Kier molecular flexibility index (Phi) is 8.49. The second-order valence-corrected chi connectivity index (χ2v) is 8.98. The lowest BCUT2D eigenvalue weighted by Gasteiger charge is -2.22. The van der Waals surface area contributed by atoms with E-state index in [0.29, 0.717) is 0 Å². The summed E-state index contributed by atoms with van der Waals surface area (Å²) in [5, 5.41) is 3.15. The van der Waals surface area contributed by atoms with Crippen molar-refractivity contribution >= 4 is 27.5 Å². The highest BCUT2D eigenvalue weighted by atomic mass is 35.5. The molecule has 2 N–H and O–H groups in total. The summed E-state index contributed by atoms with van der Waals surface area (Å²) >= 11 is 5.99. The van der Waals surface area contributed by atoms with E-state index in [9.17, 15) is 13.2 Å².